The molecular formula is C9H8O3S. The summed E-state index contributed by atoms with van der Waals surface area (Å²) in [6.07, 6.45) is 0.155. The molecule has 0 spiro atoms. The summed E-state index contributed by atoms with van der Waals surface area (Å²) in [5.74, 6) is -0.866. The SMILES string of the molecule is C[C@@]1(c2ccsc2)CC(=O)OC1=O. The van der Waals surface area contributed by atoms with Crippen LogP contribution in [-0.2, 0) is 19.7 Å². The van der Waals surface area contributed by atoms with E-state index < -0.39 is 17.4 Å². The highest BCUT2D eigenvalue weighted by atomic mass is 32.1. The Kier molecular flexibility index (Phi) is 1.73. The van der Waals surface area contributed by atoms with Gasteiger partial charge in [0, 0.05) is 0 Å². The molecule has 1 aliphatic rings. The molecule has 2 heterocycles. The van der Waals surface area contributed by atoms with Crippen molar-refractivity contribution in [2.75, 3.05) is 0 Å². The van der Waals surface area contributed by atoms with E-state index in [0.29, 0.717) is 0 Å². The van der Waals surface area contributed by atoms with Crippen molar-refractivity contribution < 1.29 is 14.3 Å². The molecule has 13 heavy (non-hydrogen) atoms. The average molecular weight is 196 g/mol. The first kappa shape index (κ1) is 8.44. The number of cyclic esters (lactones) is 2. The molecule has 0 radical (unpaired) electrons. The van der Waals surface area contributed by atoms with Crippen LogP contribution in [0.5, 0.6) is 0 Å². The summed E-state index contributed by atoms with van der Waals surface area (Å²) < 4.78 is 4.53. The number of hydrogen-bond acceptors (Lipinski definition) is 4. The van der Waals surface area contributed by atoms with E-state index in [1.165, 1.54) is 11.3 Å². The predicted molar refractivity (Wildman–Crippen MR) is 47.4 cm³/mol. The van der Waals surface area contributed by atoms with Gasteiger partial charge in [-0.2, -0.15) is 11.3 Å². The minimum atomic E-state index is -0.753. The molecule has 0 N–H and O–H groups in total. The van der Waals surface area contributed by atoms with Gasteiger partial charge in [-0.15, -0.1) is 0 Å². The number of carbonyl (C=O) groups is 2. The van der Waals surface area contributed by atoms with E-state index >= 15 is 0 Å². The first-order valence-corrected chi connectivity index (χ1v) is 4.85. The molecule has 1 aromatic heterocycles. The summed E-state index contributed by atoms with van der Waals surface area (Å²) >= 11 is 1.51. The van der Waals surface area contributed by atoms with Gasteiger partial charge in [0.25, 0.3) is 0 Å². The average Bonchev–Trinajstić information content (AvgIpc) is 2.61. The number of thiophene rings is 1. The van der Waals surface area contributed by atoms with Gasteiger partial charge in [0.2, 0.25) is 0 Å². The maximum atomic E-state index is 11.4. The fourth-order valence-corrected chi connectivity index (χ4v) is 2.20. The van der Waals surface area contributed by atoms with Crippen LogP contribution in [0.1, 0.15) is 18.9 Å². The van der Waals surface area contributed by atoms with Crippen molar-refractivity contribution in [3.8, 4) is 0 Å². The van der Waals surface area contributed by atoms with Crippen molar-refractivity contribution in [1.29, 1.82) is 0 Å². The number of hydrogen-bond donors (Lipinski definition) is 0. The fourth-order valence-electron chi connectivity index (χ4n) is 1.41. The van der Waals surface area contributed by atoms with E-state index in [1.54, 1.807) is 6.92 Å². The van der Waals surface area contributed by atoms with Crippen LogP contribution in [0.4, 0.5) is 0 Å². The molecule has 4 heteroatoms. The van der Waals surface area contributed by atoms with Crippen LogP contribution in [0, 0.1) is 0 Å². The second-order valence-corrected chi connectivity index (χ2v) is 4.06. The highest BCUT2D eigenvalue weighted by Gasteiger charge is 2.46. The lowest BCUT2D eigenvalue weighted by atomic mass is 9.83. The first-order valence-electron chi connectivity index (χ1n) is 3.91. The van der Waals surface area contributed by atoms with Gasteiger partial charge in [-0.1, -0.05) is 0 Å². The molecule has 3 nitrogen and oxygen atoms in total. The quantitative estimate of drug-likeness (QED) is 0.504. The van der Waals surface area contributed by atoms with Crippen molar-refractivity contribution in [1.82, 2.24) is 0 Å². The van der Waals surface area contributed by atoms with E-state index in [0.717, 1.165) is 5.56 Å². The van der Waals surface area contributed by atoms with Crippen molar-refractivity contribution in [3.63, 3.8) is 0 Å². The molecule has 2 rings (SSSR count). The van der Waals surface area contributed by atoms with Crippen molar-refractivity contribution >= 4 is 23.3 Å². The Labute approximate surface area is 79.3 Å². The number of ether oxygens (including phenoxy) is 1. The van der Waals surface area contributed by atoms with Gasteiger partial charge >= 0.3 is 11.9 Å². The first-order chi connectivity index (χ1) is 6.13. The van der Waals surface area contributed by atoms with Gasteiger partial charge in [0.1, 0.15) is 5.41 Å². The van der Waals surface area contributed by atoms with E-state index in [2.05, 4.69) is 4.74 Å². The molecule has 1 atom stereocenters. The standard InChI is InChI=1S/C9H8O3S/c1-9(6-2-3-13-5-6)4-7(10)12-8(9)11/h2-3,5H,4H2,1H3/t9-/m0/s1. The monoisotopic (exact) mass is 196 g/mol. The largest absolute Gasteiger partial charge is 0.392 e. The van der Waals surface area contributed by atoms with Gasteiger partial charge in [-0.25, -0.2) is 0 Å². The van der Waals surface area contributed by atoms with E-state index in [9.17, 15) is 9.59 Å². The maximum absolute atomic E-state index is 11.4. The number of carbonyl (C=O) groups excluding carboxylic acids is 2. The molecule has 0 saturated carbocycles. The Morgan fingerprint density at radius 3 is 2.77 bits per heavy atom. The van der Waals surface area contributed by atoms with E-state index in [4.69, 9.17) is 0 Å². The molecule has 1 aromatic rings. The third kappa shape index (κ3) is 1.18. The summed E-state index contributed by atoms with van der Waals surface area (Å²) in [5.41, 5.74) is 0.116. The lowest BCUT2D eigenvalue weighted by molar-refractivity contribution is -0.153. The summed E-state index contributed by atoms with van der Waals surface area (Å²) in [5, 5.41) is 3.76. The Hall–Kier alpha value is -1.16. The minimum absolute atomic E-state index is 0.155. The lowest BCUT2D eigenvalue weighted by Crippen LogP contribution is -2.26. The fraction of sp³-hybridized carbons (Fsp3) is 0.333. The normalized spacial score (nSPS) is 27.8. The van der Waals surface area contributed by atoms with E-state index in [-0.39, 0.29) is 6.42 Å². The van der Waals surface area contributed by atoms with Gasteiger partial charge in [0.05, 0.1) is 6.42 Å². The van der Waals surface area contributed by atoms with Crippen LogP contribution >= 0.6 is 11.3 Å². The molecular weight excluding hydrogens is 188 g/mol. The number of rotatable bonds is 1. The van der Waals surface area contributed by atoms with E-state index in [1.807, 2.05) is 16.8 Å². The zero-order chi connectivity index (χ0) is 9.47. The van der Waals surface area contributed by atoms with Crippen molar-refractivity contribution in [2.45, 2.75) is 18.8 Å². The second-order valence-electron chi connectivity index (χ2n) is 3.28. The van der Waals surface area contributed by atoms with Crippen LogP contribution in [0.25, 0.3) is 0 Å². The number of esters is 2. The Balaban J connectivity index is 2.42. The molecule has 1 saturated heterocycles. The third-order valence-electron chi connectivity index (χ3n) is 2.31. The predicted octanol–water partition coefficient (Wildman–Crippen LogP) is 1.48. The minimum Gasteiger partial charge on any atom is -0.392 e. The van der Waals surface area contributed by atoms with Crippen LogP contribution < -0.4 is 0 Å². The summed E-state index contributed by atoms with van der Waals surface area (Å²) in [6, 6.07) is 1.85. The van der Waals surface area contributed by atoms with Crippen molar-refractivity contribution in [3.05, 3.63) is 22.4 Å². The van der Waals surface area contributed by atoms with Gasteiger partial charge in [-0.05, 0) is 29.3 Å². The molecule has 0 amide bonds. The molecule has 0 unspecified atom stereocenters. The Morgan fingerprint density at radius 2 is 2.31 bits per heavy atom. The second kappa shape index (κ2) is 2.67. The maximum Gasteiger partial charge on any atom is 0.324 e. The smallest absolute Gasteiger partial charge is 0.324 e. The molecule has 1 fully saturated rings. The Bertz CT molecular complexity index is 355. The summed E-state index contributed by atoms with van der Waals surface area (Å²) in [4.78, 5) is 22.3. The highest BCUT2D eigenvalue weighted by molar-refractivity contribution is 7.08. The zero-order valence-electron chi connectivity index (χ0n) is 7.07. The summed E-state index contributed by atoms with van der Waals surface area (Å²) in [7, 11) is 0. The molecule has 0 aromatic carbocycles. The zero-order valence-corrected chi connectivity index (χ0v) is 7.89. The van der Waals surface area contributed by atoms with Gasteiger partial charge < -0.3 is 4.74 Å². The third-order valence-corrected chi connectivity index (χ3v) is 3.00. The van der Waals surface area contributed by atoms with Crippen LogP contribution in [0.3, 0.4) is 0 Å². The lowest BCUT2D eigenvalue weighted by Gasteiger charge is -2.15. The van der Waals surface area contributed by atoms with Crippen LogP contribution in [0.2, 0.25) is 0 Å². The molecule has 1 aliphatic heterocycles. The van der Waals surface area contributed by atoms with Crippen LogP contribution in [0.15, 0.2) is 16.8 Å². The van der Waals surface area contributed by atoms with Crippen molar-refractivity contribution in [2.24, 2.45) is 0 Å². The highest BCUT2D eigenvalue weighted by Crippen LogP contribution is 2.35. The molecule has 68 valence electrons. The topological polar surface area (TPSA) is 43.4 Å². The van der Waals surface area contributed by atoms with Crippen LogP contribution in [-0.4, -0.2) is 11.9 Å². The van der Waals surface area contributed by atoms with Gasteiger partial charge in [-0.3, -0.25) is 9.59 Å². The van der Waals surface area contributed by atoms with Gasteiger partial charge in [0.15, 0.2) is 0 Å². The Morgan fingerprint density at radius 1 is 1.54 bits per heavy atom. The molecule has 0 aliphatic carbocycles. The summed E-state index contributed by atoms with van der Waals surface area (Å²) in [6.45, 7) is 1.74. The molecule has 0 bridgehead atoms.